The summed E-state index contributed by atoms with van der Waals surface area (Å²) < 4.78 is 5.11. The van der Waals surface area contributed by atoms with Gasteiger partial charge < -0.3 is 15.2 Å². The largest absolute Gasteiger partial charge is 0.395 e. The molecule has 1 aliphatic rings. The Labute approximate surface area is 74.1 Å². The summed E-state index contributed by atoms with van der Waals surface area (Å²) in [7, 11) is 1.72. The monoisotopic (exact) mass is 173 g/mol. The highest BCUT2D eigenvalue weighted by molar-refractivity contribution is 4.87. The van der Waals surface area contributed by atoms with Gasteiger partial charge in [0.05, 0.1) is 13.2 Å². The van der Waals surface area contributed by atoms with Crippen LogP contribution in [-0.4, -0.2) is 37.5 Å². The summed E-state index contributed by atoms with van der Waals surface area (Å²) in [5.74, 6) is 0.777. The van der Waals surface area contributed by atoms with Crippen LogP contribution in [0.15, 0.2) is 0 Å². The van der Waals surface area contributed by atoms with Gasteiger partial charge in [0.25, 0.3) is 0 Å². The molecule has 3 heteroatoms. The van der Waals surface area contributed by atoms with Crippen molar-refractivity contribution in [3.63, 3.8) is 0 Å². The predicted octanol–water partition coefficient (Wildman–Crippen LogP) is 0.382. The molecule has 1 rings (SSSR count). The lowest BCUT2D eigenvalue weighted by molar-refractivity contribution is 0.142. The molecule has 0 heterocycles. The highest BCUT2D eigenvalue weighted by Crippen LogP contribution is 2.32. The molecular formula is C9H19NO2. The maximum Gasteiger partial charge on any atom is 0.0618 e. The third-order valence-electron chi connectivity index (χ3n) is 2.31. The van der Waals surface area contributed by atoms with Gasteiger partial charge in [0, 0.05) is 19.2 Å². The molecule has 1 unspecified atom stereocenters. The Morgan fingerprint density at radius 3 is 2.67 bits per heavy atom. The van der Waals surface area contributed by atoms with E-state index in [1.54, 1.807) is 7.11 Å². The smallest absolute Gasteiger partial charge is 0.0618 e. The summed E-state index contributed by atoms with van der Waals surface area (Å²) in [6.45, 7) is 2.95. The highest BCUT2D eigenvalue weighted by atomic mass is 16.5. The average molecular weight is 173 g/mol. The molecule has 72 valence electrons. The number of nitrogens with one attached hydrogen (secondary N) is 1. The molecule has 0 spiro atoms. The van der Waals surface area contributed by atoms with E-state index in [0.717, 1.165) is 12.5 Å². The van der Waals surface area contributed by atoms with Gasteiger partial charge in [-0.2, -0.15) is 0 Å². The Bertz CT molecular complexity index is 126. The maximum absolute atomic E-state index is 8.85. The van der Waals surface area contributed by atoms with E-state index in [4.69, 9.17) is 9.84 Å². The Morgan fingerprint density at radius 1 is 1.58 bits per heavy atom. The number of aliphatic hydroxyl groups excluding tert-OH is 1. The zero-order chi connectivity index (χ0) is 8.97. The quantitative estimate of drug-likeness (QED) is 0.610. The minimum atomic E-state index is 0.186. The van der Waals surface area contributed by atoms with E-state index >= 15 is 0 Å². The number of ether oxygens (including phenoxy) is 1. The minimum absolute atomic E-state index is 0.186. The molecule has 3 nitrogen and oxygen atoms in total. The average Bonchev–Trinajstić information content (AvgIpc) is 2.86. The second kappa shape index (κ2) is 4.80. The van der Waals surface area contributed by atoms with Crippen LogP contribution in [0.2, 0.25) is 0 Å². The van der Waals surface area contributed by atoms with Gasteiger partial charge in [-0.15, -0.1) is 0 Å². The van der Waals surface area contributed by atoms with Crippen molar-refractivity contribution >= 4 is 0 Å². The van der Waals surface area contributed by atoms with Crippen LogP contribution in [0.1, 0.15) is 19.8 Å². The topological polar surface area (TPSA) is 41.5 Å². The third kappa shape index (κ3) is 3.09. The molecule has 0 bridgehead atoms. The van der Waals surface area contributed by atoms with Crippen molar-refractivity contribution in [3.05, 3.63) is 0 Å². The van der Waals surface area contributed by atoms with Gasteiger partial charge >= 0.3 is 0 Å². The Kier molecular flexibility index (Phi) is 3.98. The summed E-state index contributed by atoms with van der Waals surface area (Å²) >= 11 is 0. The summed E-state index contributed by atoms with van der Waals surface area (Å²) in [5, 5.41) is 12.2. The van der Waals surface area contributed by atoms with Crippen molar-refractivity contribution in [1.82, 2.24) is 5.32 Å². The van der Waals surface area contributed by atoms with Crippen molar-refractivity contribution in [2.24, 2.45) is 5.92 Å². The fraction of sp³-hybridized carbons (Fsp3) is 1.00. The SMILES string of the molecule is COCC(N[C@H](C)CO)C1CC1. The highest BCUT2D eigenvalue weighted by Gasteiger charge is 2.31. The van der Waals surface area contributed by atoms with Crippen LogP contribution in [-0.2, 0) is 4.74 Å². The minimum Gasteiger partial charge on any atom is -0.395 e. The number of rotatable bonds is 6. The van der Waals surface area contributed by atoms with Crippen molar-refractivity contribution in [2.75, 3.05) is 20.3 Å². The first-order chi connectivity index (χ1) is 5.77. The summed E-state index contributed by atoms with van der Waals surface area (Å²) in [6, 6.07) is 0.628. The molecule has 0 aromatic carbocycles. The molecule has 1 fully saturated rings. The van der Waals surface area contributed by atoms with Crippen molar-refractivity contribution in [1.29, 1.82) is 0 Å². The number of aliphatic hydroxyl groups is 1. The molecular weight excluding hydrogens is 154 g/mol. The van der Waals surface area contributed by atoms with Crippen molar-refractivity contribution in [2.45, 2.75) is 31.8 Å². The molecule has 12 heavy (non-hydrogen) atoms. The van der Waals surface area contributed by atoms with Gasteiger partial charge in [-0.05, 0) is 25.7 Å². The van der Waals surface area contributed by atoms with Gasteiger partial charge in [-0.1, -0.05) is 0 Å². The lowest BCUT2D eigenvalue weighted by Gasteiger charge is -2.21. The van der Waals surface area contributed by atoms with Crippen LogP contribution in [0, 0.1) is 5.92 Å². The Balaban J connectivity index is 2.22. The van der Waals surface area contributed by atoms with Gasteiger partial charge in [0.2, 0.25) is 0 Å². The molecule has 0 saturated heterocycles. The maximum atomic E-state index is 8.85. The summed E-state index contributed by atoms with van der Waals surface area (Å²) in [6.07, 6.45) is 2.61. The van der Waals surface area contributed by atoms with Crippen molar-refractivity contribution < 1.29 is 9.84 Å². The Hall–Kier alpha value is -0.120. The number of methoxy groups -OCH3 is 1. The lowest BCUT2D eigenvalue weighted by atomic mass is 10.2. The van der Waals surface area contributed by atoms with Crippen LogP contribution in [0.5, 0.6) is 0 Å². The zero-order valence-electron chi connectivity index (χ0n) is 7.92. The van der Waals surface area contributed by atoms with Gasteiger partial charge in [-0.25, -0.2) is 0 Å². The van der Waals surface area contributed by atoms with Crippen molar-refractivity contribution in [3.8, 4) is 0 Å². The van der Waals surface area contributed by atoms with Gasteiger partial charge in [-0.3, -0.25) is 0 Å². The molecule has 0 radical (unpaired) electrons. The molecule has 1 saturated carbocycles. The number of hydrogen-bond acceptors (Lipinski definition) is 3. The van der Waals surface area contributed by atoms with Gasteiger partial charge in [0.15, 0.2) is 0 Å². The van der Waals surface area contributed by atoms with Crippen LogP contribution < -0.4 is 5.32 Å². The lowest BCUT2D eigenvalue weighted by Crippen LogP contribution is -2.42. The molecule has 0 aromatic rings. The predicted molar refractivity (Wildman–Crippen MR) is 48.1 cm³/mol. The van der Waals surface area contributed by atoms with E-state index in [0.29, 0.717) is 6.04 Å². The zero-order valence-corrected chi connectivity index (χ0v) is 7.92. The van der Waals surface area contributed by atoms with Gasteiger partial charge in [0.1, 0.15) is 0 Å². The number of hydrogen-bond donors (Lipinski definition) is 2. The standard InChI is InChI=1S/C9H19NO2/c1-7(5-11)10-9(6-12-2)8-3-4-8/h7-11H,3-6H2,1-2H3/t7-,9?/m1/s1. The first-order valence-electron chi connectivity index (χ1n) is 4.63. The first kappa shape index (κ1) is 9.96. The van der Waals surface area contributed by atoms with E-state index in [-0.39, 0.29) is 12.6 Å². The van der Waals surface area contributed by atoms with E-state index in [2.05, 4.69) is 5.32 Å². The Morgan fingerprint density at radius 2 is 2.25 bits per heavy atom. The fourth-order valence-electron chi connectivity index (χ4n) is 1.42. The van der Waals surface area contributed by atoms with E-state index in [9.17, 15) is 0 Å². The molecule has 2 N–H and O–H groups in total. The van der Waals surface area contributed by atoms with Crippen LogP contribution in [0.25, 0.3) is 0 Å². The van der Waals surface area contributed by atoms with Crippen LogP contribution >= 0.6 is 0 Å². The fourth-order valence-corrected chi connectivity index (χ4v) is 1.42. The summed E-state index contributed by atoms with van der Waals surface area (Å²) in [4.78, 5) is 0. The van der Waals surface area contributed by atoms with Crippen LogP contribution in [0.4, 0.5) is 0 Å². The second-order valence-corrected chi connectivity index (χ2v) is 3.65. The summed E-state index contributed by atoms with van der Waals surface area (Å²) in [5.41, 5.74) is 0. The van der Waals surface area contributed by atoms with E-state index in [1.807, 2.05) is 6.92 Å². The van der Waals surface area contributed by atoms with Crippen LogP contribution in [0.3, 0.4) is 0 Å². The normalized spacial score (nSPS) is 22.2. The first-order valence-corrected chi connectivity index (χ1v) is 4.63. The van der Waals surface area contributed by atoms with E-state index < -0.39 is 0 Å². The molecule has 1 aliphatic carbocycles. The molecule has 0 aromatic heterocycles. The molecule has 0 aliphatic heterocycles. The molecule has 0 amide bonds. The van der Waals surface area contributed by atoms with E-state index in [1.165, 1.54) is 12.8 Å². The molecule has 2 atom stereocenters. The second-order valence-electron chi connectivity index (χ2n) is 3.65. The third-order valence-corrected chi connectivity index (χ3v) is 2.31.